The molecule has 0 heterocycles. The maximum Gasteiger partial charge on any atom is 0.135 e. The average Bonchev–Trinajstić information content (AvgIpc) is 2.27. The molecule has 2 heteroatoms. The molecule has 2 N–H and O–H groups in total. The second-order valence-corrected chi connectivity index (χ2v) is 5.02. The molecule has 1 aliphatic carbocycles. The third-order valence-electron chi connectivity index (χ3n) is 3.60. The summed E-state index contributed by atoms with van der Waals surface area (Å²) in [7, 11) is 0. The van der Waals surface area contributed by atoms with Gasteiger partial charge in [0.05, 0.1) is 0 Å². The summed E-state index contributed by atoms with van der Waals surface area (Å²) in [4.78, 5) is 11.9. The topological polar surface area (TPSA) is 43.1 Å². The molecule has 2 nitrogen and oxygen atoms in total. The molecule has 88 valence electrons. The minimum Gasteiger partial charge on any atom is -0.330 e. The van der Waals surface area contributed by atoms with Gasteiger partial charge in [0.2, 0.25) is 0 Å². The zero-order chi connectivity index (χ0) is 11.1. The standard InChI is InChI=1S/C13H25NO/c1-11(9-10-14)7-8-13(15)12-5-3-2-4-6-12/h11-12H,2-10,14H2,1H3. The van der Waals surface area contributed by atoms with Gasteiger partial charge >= 0.3 is 0 Å². The van der Waals surface area contributed by atoms with Crippen molar-refractivity contribution in [2.75, 3.05) is 6.54 Å². The van der Waals surface area contributed by atoms with Crippen LogP contribution in [0.25, 0.3) is 0 Å². The van der Waals surface area contributed by atoms with E-state index >= 15 is 0 Å². The normalized spacial score (nSPS) is 20.1. The number of nitrogens with two attached hydrogens (primary N) is 1. The van der Waals surface area contributed by atoms with Gasteiger partial charge in [-0.3, -0.25) is 4.79 Å². The molecule has 0 radical (unpaired) electrons. The summed E-state index contributed by atoms with van der Waals surface area (Å²) in [6.45, 7) is 2.94. The van der Waals surface area contributed by atoms with Crippen molar-refractivity contribution in [3.8, 4) is 0 Å². The molecule has 1 aliphatic rings. The smallest absolute Gasteiger partial charge is 0.135 e. The van der Waals surface area contributed by atoms with E-state index in [-0.39, 0.29) is 0 Å². The molecule has 0 aromatic carbocycles. The number of hydrogen-bond acceptors (Lipinski definition) is 2. The van der Waals surface area contributed by atoms with E-state index in [0.717, 1.165) is 38.6 Å². The summed E-state index contributed by atoms with van der Waals surface area (Å²) in [5.74, 6) is 1.52. The fourth-order valence-corrected chi connectivity index (χ4v) is 2.45. The van der Waals surface area contributed by atoms with Gasteiger partial charge in [0, 0.05) is 12.3 Å². The minimum atomic E-state index is 0.392. The van der Waals surface area contributed by atoms with Crippen LogP contribution in [0.3, 0.4) is 0 Å². The van der Waals surface area contributed by atoms with Gasteiger partial charge in [-0.15, -0.1) is 0 Å². The van der Waals surface area contributed by atoms with Crippen LogP contribution in [0.5, 0.6) is 0 Å². The summed E-state index contributed by atoms with van der Waals surface area (Å²) < 4.78 is 0. The Morgan fingerprint density at radius 2 is 1.93 bits per heavy atom. The van der Waals surface area contributed by atoms with Crippen LogP contribution in [0.4, 0.5) is 0 Å². The summed E-state index contributed by atoms with van der Waals surface area (Å²) in [5, 5.41) is 0. The fraction of sp³-hybridized carbons (Fsp3) is 0.923. The molecule has 0 bridgehead atoms. The first-order valence-electron chi connectivity index (χ1n) is 6.46. The molecule has 1 fully saturated rings. The lowest BCUT2D eigenvalue weighted by atomic mass is 9.84. The van der Waals surface area contributed by atoms with Gasteiger partial charge in [-0.25, -0.2) is 0 Å². The Labute approximate surface area is 93.6 Å². The molecular formula is C13H25NO. The summed E-state index contributed by atoms with van der Waals surface area (Å²) >= 11 is 0. The van der Waals surface area contributed by atoms with Crippen molar-refractivity contribution in [2.24, 2.45) is 17.6 Å². The zero-order valence-corrected chi connectivity index (χ0v) is 10.0. The molecule has 15 heavy (non-hydrogen) atoms. The zero-order valence-electron chi connectivity index (χ0n) is 10.0. The number of hydrogen-bond donors (Lipinski definition) is 1. The number of ketones is 1. The van der Waals surface area contributed by atoms with E-state index in [4.69, 9.17) is 5.73 Å². The van der Waals surface area contributed by atoms with Crippen molar-refractivity contribution in [1.29, 1.82) is 0 Å². The molecule has 1 unspecified atom stereocenters. The van der Waals surface area contributed by atoms with Crippen molar-refractivity contribution in [2.45, 2.75) is 58.3 Å². The van der Waals surface area contributed by atoms with Crippen LogP contribution in [0.2, 0.25) is 0 Å². The van der Waals surface area contributed by atoms with Crippen LogP contribution in [0.1, 0.15) is 58.3 Å². The largest absolute Gasteiger partial charge is 0.330 e. The van der Waals surface area contributed by atoms with Gasteiger partial charge in [-0.1, -0.05) is 26.2 Å². The molecule has 0 aromatic heterocycles. The van der Waals surface area contributed by atoms with E-state index in [0.29, 0.717) is 17.6 Å². The van der Waals surface area contributed by atoms with Gasteiger partial charge in [0.1, 0.15) is 5.78 Å². The van der Waals surface area contributed by atoms with E-state index < -0.39 is 0 Å². The highest BCUT2D eigenvalue weighted by Crippen LogP contribution is 2.26. The second kappa shape index (κ2) is 7.00. The highest BCUT2D eigenvalue weighted by Gasteiger charge is 2.20. The maximum atomic E-state index is 11.9. The third kappa shape index (κ3) is 4.78. The minimum absolute atomic E-state index is 0.392. The van der Waals surface area contributed by atoms with Gasteiger partial charge < -0.3 is 5.73 Å². The van der Waals surface area contributed by atoms with Crippen LogP contribution < -0.4 is 5.73 Å². The van der Waals surface area contributed by atoms with Crippen LogP contribution >= 0.6 is 0 Å². The Morgan fingerprint density at radius 3 is 2.53 bits per heavy atom. The Balaban J connectivity index is 2.16. The van der Waals surface area contributed by atoms with Crippen LogP contribution in [0.15, 0.2) is 0 Å². The summed E-state index contributed by atoms with van der Waals surface area (Å²) in [5.41, 5.74) is 5.49. The lowest BCUT2D eigenvalue weighted by Crippen LogP contribution is -2.18. The molecular weight excluding hydrogens is 186 g/mol. The molecule has 1 saturated carbocycles. The predicted octanol–water partition coefficient (Wildman–Crippen LogP) is 2.90. The molecule has 1 atom stereocenters. The van der Waals surface area contributed by atoms with Crippen molar-refractivity contribution >= 4 is 5.78 Å². The van der Waals surface area contributed by atoms with E-state index in [1.807, 2.05) is 0 Å². The van der Waals surface area contributed by atoms with Crippen LogP contribution in [0, 0.1) is 11.8 Å². The molecule has 0 aliphatic heterocycles. The van der Waals surface area contributed by atoms with Crippen molar-refractivity contribution in [3.63, 3.8) is 0 Å². The monoisotopic (exact) mass is 211 g/mol. The van der Waals surface area contributed by atoms with Crippen molar-refractivity contribution in [3.05, 3.63) is 0 Å². The van der Waals surface area contributed by atoms with E-state index in [1.165, 1.54) is 19.3 Å². The molecule has 0 amide bonds. The average molecular weight is 211 g/mol. The molecule has 0 saturated heterocycles. The molecule has 0 aromatic rings. The number of Topliss-reactive ketones (excluding diaryl/α,β-unsaturated/α-hetero) is 1. The van der Waals surface area contributed by atoms with Gasteiger partial charge in [0.15, 0.2) is 0 Å². The first-order valence-corrected chi connectivity index (χ1v) is 6.46. The van der Waals surface area contributed by atoms with Gasteiger partial charge in [-0.2, -0.15) is 0 Å². The van der Waals surface area contributed by atoms with Crippen LogP contribution in [-0.2, 0) is 4.79 Å². The molecule has 1 rings (SSSR count). The summed E-state index contributed by atoms with van der Waals surface area (Å²) in [6.07, 6.45) is 9.00. The van der Waals surface area contributed by atoms with E-state index in [2.05, 4.69) is 6.92 Å². The summed E-state index contributed by atoms with van der Waals surface area (Å²) in [6, 6.07) is 0. The third-order valence-corrected chi connectivity index (χ3v) is 3.60. The fourth-order valence-electron chi connectivity index (χ4n) is 2.45. The van der Waals surface area contributed by atoms with Crippen molar-refractivity contribution in [1.82, 2.24) is 0 Å². The molecule has 0 spiro atoms. The Kier molecular flexibility index (Phi) is 5.92. The van der Waals surface area contributed by atoms with E-state index in [1.54, 1.807) is 0 Å². The highest BCUT2D eigenvalue weighted by atomic mass is 16.1. The van der Waals surface area contributed by atoms with E-state index in [9.17, 15) is 4.79 Å². The SMILES string of the molecule is CC(CCN)CCC(=O)C1CCCCC1. The number of rotatable bonds is 6. The van der Waals surface area contributed by atoms with Crippen LogP contribution in [-0.4, -0.2) is 12.3 Å². The lowest BCUT2D eigenvalue weighted by molar-refractivity contribution is -0.124. The lowest BCUT2D eigenvalue weighted by Gasteiger charge is -2.20. The number of carbonyl (C=O) groups excluding carboxylic acids is 1. The van der Waals surface area contributed by atoms with Crippen molar-refractivity contribution < 1.29 is 4.79 Å². The predicted molar refractivity (Wildman–Crippen MR) is 63.7 cm³/mol. The Hall–Kier alpha value is -0.370. The second-order valence-electron chi connectivity index (χ2n) is 5.02. The highest BCUT2D eigenvalue weighted by molar-refractivity contribution is 5.81. The van der Waals surface area contributed by atoms with Gasteiger partial charge in [0.25, 0.3) is 0 Å². The number of carbonyl (C=O) groups is 1. The maximum absolute atomic E-state index is 11.9. The first kappa shape index (κ1) is 12.7. The Bertz CT molecular complexity index is 185. The first-order chi connectivity index (χ1) is 7.24. The van der Waals surface area contributed by atoms with Gasteiger partial charge in [-0.05, 0) is 38.1 Å². The quantitative estimate of drug-likeness (QED) is 0.734. The Morgan fingerprint density at radius 1 is 1.27 bits per heavy atom.